The molecule has 0 aromatic carbocycles. The highest BCUT2D eigenvalue weighted by Gasteiger charge is 2.38. The minimum absolute atomic E-state index is 0.0470. The highest BCUT2D eigenvalue weighted by Crippen LogP contribution is 2.33. The highest BCUT2D eigenvalue weighted by atomic mass is 16.5. The number of pyridine rings is 1. The van der Waals surface area contributed by atoms with Gasteiger partial charge in [-0.25, -0.2) is 4.98 Å². The molecule has 3 aliphatic rings. The van der Waals surface area contributed by atoms with Crippen molar-refractivity contribution in [1.82, 2.24) is 15.2 Å². The van der Waals surface area contributed by atoms with E-state index in [0.717, 1.165) is 25.0 Å². The molecule has 1 aromatic rings. The summed E-state index contributed by atoms with van der Waals surface area (Å²) in [5, 5.41) is 2.92. The van der Waals surface area contributed by atoms with Crippen molar-refractivity contribution in [2.75, 3.05) is 13.7 Å². The second-order valence-electron chi connectivity index (χ2n) is 7.89. The summed E-state index contributed by atoms with van der Waals surface area (Å²) in [4.78, 5) is 31.9. The predicted octanol–water partition coefficient (Wildman–Crippen LogP) is 2.17. The Bertz CT molecular complexity index is 752. The fourth-order valence-corrected chi connectivity index (χ4v) is 4.40. The van der Waals surface area contributed by atoms with E-state index in [2.05, 4.69) is 10.3 Å². The lowest BCUT2D eigenvalue weighted by molar-refractivity contribution is -0.139. The fourth-order valence-electron chi connectivity index (χ4n) is 4.40. The van der Waals surface area contributed by atoms with Gasteiger partial charge in [0.05, 0.1) is 24.9 Å². The number of ether oxygens (including phenoxy) is 2. The zero-order valence-corrected chi connectivity index (χ0v) is 16.0. The SMILES string of the molecule is COc1nc2c(cc1CNC(=O)[C@]1(C)CCCO1)C(=O)N(C1CCCC1)C2. The third-order valence-electron chi connectivity index (χ3n) is 6.05. The topological polar surface area (TPSA) is 80.8 Å². The Kier molecular flexibility index (Phi) is 4.80. The van der Waals surface area contributed by atoms with Gasteiger partial charge < -0.3 is 19.7 Å². The minimum atomic E-state index is -0.771. The number of hydrogen-bond donors (Lipinski definition) is 1. The van der Waals surface area contributed by atoms with Gasteiger partial charge in [0.1, 0.15) is 5.60 Å². The molecule has 3 heterocycles. The smallest absolute Gasteiger partial charge is 0.256 e. The van der Waals surface area contributed by atoms with Crippen LogP contribution in [0.2, 0.25) is 0 Å². The molecule has 1 saturated carbocycles. The number of amides is 2. The van der Waals surface area contributed by atoms with E-state index >= 15 is 0 Å². The van der Waals surface area contributed by atoms with Crippen molar-refractivity contribution >= 4 is 11.8 Å². The normalized spacial score (nSPS) is 25.1. The zero-order valence-electron chi connectivity index (χ0n) is 16.0. The van der Waals surface area contributed by atoms with Gasteiger partial charge in [-0.2, -0.15) is 0 Å². The quantitative estimate of drug-likeness (QED) is 0.856. The number of fused-ring (bicyclic) bond motifs is 1. The Balaban J connectivity index is 1.51. The first-order valence-corrected chi connectivity index (χ1v) is 9.82. The molecular formula is C20H27N3O4. The third-order valence-corrected chi connectivity index (χ3v) is 6.05. The van der Waals surface area contributed by atoms with E-state index in [1.807, 2.05) is 17.9 Å². The molecule has 7 heteroatoms. The summed E-state index contributed by atoms with van der Waals surface area (Å²) in [6.45, 7) is 3.24. The van der Waals surface area contributed by atoms with Gasteiger partial charge >= 0.3 is 0 Å². The van der Waals surface area contributed by atoms with Gasteiger partial charge in [0, 0.05) is 24.8 Å². The van der Waals surface area contributed by atoms with Crippen LogP contribution in [0.15, 0.2) is 6.07 Å². The van der Waals surface area contributed by atoms with Gasteiger partial charge in [0.25, 0.3) is 11.8 Å². The first-order valence-electron chi connectivity index (χ1n) is 9.82. The molecule has 2 aliphatic heterocycles. The first-order chi connectivity index (χ1) is 13.0. The van der Waals surface area contributed by atoms with Crippen LogP contribution in [0.3, 0.4) is 0 Å². The first kappa shape index (κ1) is 18.2. The van der Waals surface area contributed by atoms with Gasteiger partial charge in [-0.3, -0.25) is 9.59 Å². The van der Waals surface area contributed by atoms with Gasteiger partial charge in [-0.1, -0.05) is 12.8 Å². The number of hydrogen-bond acceptors (Lipinski definition) is 5. The molecule has 1 aromatic heterocycles. The number of nitrogens with one attached hydrogen (secondary N) is 1. The number of carbonyl (C=O) groups is 2. The number of nitrogens with zero attached hydrogens (tertiary/aromatic N) is 2. The molecule has 0 bridgehead atoms. The number of aromatic nitrogens is 1. The average molecular weight is 373 g/mol. The lowest BCUT2D eigenvalue weighted by atomic mass is 10.0. The summed E-state index contributed by atoms with van der Waals surface area (Å²) in [6.07, 6.45) is 6.10. The van der Waals surface area contributed by atoms with Crippen LogP contribution in [-0.4, -0.2) is 47.1 Å². The summed E-state index contributed by atoms with van der Waals surface area (Å²) in [5.74, 6) is 0.375. The molecule has 0 radical (unpaired) electrons. The molecule has 2 amide bonds. The summed E-state index contributed by atoms with van der Waals surface area (Å²) >= 11 is 0. The maximum atomic E-state index is 12.9. The van der Waals surface area contributed by atoms with Crippen LogP contribution < -0.4 is 10.1 Å². The van der Waals surface area contributed by atoms with E-state index < -0.39 is 5.60 Å². The molecule has 7 nitrogen and oxygen atoms in total. The zero-order chi connectivity index (χ0) is 19.0. The van der Waals surface area contributed by atoms with Gasteiger partial charge in [-0.15, -0.1) is 0 Å². The molecule has 0 spiro atoms. The van der Waals surface area contributed by atoms with Gasteiger partial charge in [0.2, 0.25) is 5.88 Å². The highest BCUT2D eigenvalue weighted by molar-refractivity contribution is 5.98. The van der Waals surface area contributed by atoms with Crippen LogP contribution in [0.1, 0.15) is 67.1 Å². The molecule has 0 unspecified atom stereocenters. The molecule has 1 aliphatic carbocycles. The Morgan fingerprint density at radius 2 is 2.19 bits per heavy atom. The number of carbonyl (C=O) groups excluding carboxylic acids is 2. The molecule has 1 saturated heterocycles. The molecule has 27 heavy (non-hydrogen) atoms. The Morgan fingerprint density at radius 1 is 1.41 bits per heavy atom. The standard InChI is InChI=1S/C20H27N3O4/c1-20(8-5-9-27-20)19(25)21-11-13-10-15-16(22-17(13)26-2)12-23(18(15)24)14-6-3-4-7-14/h10,14H,3-9,11-12H2,1-2H3,(H,21,25)/t20-/m0/s1. The van der Waals surface area contributed by atoms with Crippen molar-refractivity contribution in [3.8, 4) is 5.88 Å². The van der Waals surface area contributed by atoms with E-state index in [4.69, 9.17) is 9.47 Å². The maximum Gasteiger partial charge on any atom is 0.256 e. The largest absolute Gasteiger partial charge is 0.481 e. The maximum absolute atomic E-state index is 12.9. The van der Waals surface area contributed by atoms with E-state index in [1.165, 1.54) is 12.8 Å². The molecule has 1 N–H and O–H groups in total. The van der Waals surface area contributed by atoms with E-state index in [9.17, 15) is 9.59 Å². The van der Waals surface area contributed by atoms with Crippen LogP contribution in [-0.2, 0) is 22.6 Å². The molecular weight excluding hydrogens is 346 g/mol. The van der Waals surface area contributed by atoms with Crippen molar-refractivity contribution in [2.24, 2.45) is 0 Å². The summed E-state index contributed by atoms with van der Waals surface area (Å²) < 4.78 is 11.0. The van der Waals surface area contributed by atoms with Gasteiger partial charge in [-0.05, 0) is 38.7 Å². The van der Waals surface area contributed by atoms with Crippen molar-refractivity contribution < 1.29 is 19.1 Å². The second kappa shape index (κ2) is 7.11. The van der Waals surface area contributed by atoms with Crippen LogP contribution in [0, 0.1) is 0 Å². The Labute approximate surface area is 159 Å². The van der Waals surface area contributed by atoms with Crippen LogP contribution in [0.4, 0.5) is 0 Å². The van der Waals surface area contributed by atoms with Crippen molar-refractivity contribution in [2.45, 2.75) is 70.2 Å². The molecule has 146 valence electrons. The minimum Gasteiger partial charge on any atom is -0.481 e. The number of rotatable bonds is 5. The fraction of sp³-hybridized carbons (Fsp3) is 0.650. The summed E-state index contributed by atoms with van der Waals surface area (Å²) in [7, 11) is 1.56. The second-order valence-corrected chi connectivity index (χ2v) is 7.89. The van der Waals surface area contributed by atoms with Crippen molar-refractivity contribution in [3.63, 3.8) is 0 Å². The molecule has 4 rings (SSSR count). The predicted molar refractivity (Wildman–Crippen MR) is 98.4 cm³/mol. The van der Waals surface area contributed by atoms with Crippen LogP contribution in [0.25, 0.3) is 0 Å². The van der Waals surface area contributed by atoms with E-state index in [0.29, 0.717) is 42.6 Å². The molecule has 1 atom stereocenters. The summed E-state index contributed by atoms with van der Waals surface area (Å²) in [5.41, 5.74) is 1.35. The van der Waals surface area contributed by atoms with E-state index in [-0.39, 0.29) is 18.4 Å². The van der Waals surface area contributed by atoms with Crippen molar-refractivity contribution in [1.29, 1.82) is 0 Å². The lowest BCUT2D eigenvalue weighted by Crippen LogP contribution is -2.43. The Hall–Kier alpha value is -2.15. The monoisotopic (exact) mass is 373 g/mol. The van der Waals surface area contributed by atoms with Crippen molar-refractivity contribution in [3.05, 3.63) is 22.9 Å². The van der Waals surface area contributed by atoms with E-state index in [1.54, 1.807) is 7.11 Å². The molecule has 2 fully saturated rings. The average Bonchev–Trinajstić information content (AvgIpc) is 3.40. The lowest BCUT2D eigenvalue weighted by Gasteiger charge is -2.22. The van der Waals surface area contributed by atoms with Gasteiger partial charge in [0.15, 0.2) is 0 Å². The van der Waals surface area contributed by atoms with Crippen LogP contribution in [0.5, 0.6) is 5.88 Å². The summed E-state index contributed by atoms with van der Waals surface area (Å²) in [6, 6.07) is 2.15. The Morgan fingerprint density at radius 3 is 2.85 bits per heavy atom. The third kappa shape index (κ3) is 3.29. The number of methoxy groups -OCH3 is 1. The van der Waals surface area contributed by atoms with Crippen LogP contribution >= 0.6 is 0 Å².